The highest BCUT2D eigenvalue weighted by Gasteiger charge is 2.38. The smallest absolute Gasteiger partial charge is 0.402 e. The Balaban J connectivity index is 0.000000204. The van der Waals surface area contributed by atoms with Gasteiger partial charge < -0.3 is 19.3 Å². The third kappa shape index (κ3) is 11.3. The van der Waals surface area contributed by atoms with Crippen LogP contribution in [0, 0.1) is 13.8 Å². The monoisotopic (exact) mass is 971 g/mol. The normalized spacial score (nSPS) is 13.3. The molecule has 6 heterocycles. The minimum absolute atomic E-state index is 0. The molecule has 0 aliphatic heterocycles. The number of pyridine rings is 4. The molecule has 20 heteroatoms. The van der Waals surface area contributed by atoms with Crippen molar-refractivity contribution in [3.63, 3.8) is 0 Å². The number of benzene rings is 2. The summed E-state index contributed by atoms with van der Waals surface area (Å²) in [5, 5.41) is 15.8. The van der Waals surface area contributed by atoms with E-state index in [-0.39, 0.29) is 91.3 Å². The van der Waals surface area contributed by atoms with E-state index in [1.807, 2.05) is 18.2 Å². The molecule has 0 unspecified atom stereocenters. The lowest BCUT2D eigenvalue weighted by Crippen LogP contribution is -2.08. The molecule has 2 aromatic carbocycles. The maximum atomic E-state index is 13.8. The van der Waals surface area contributed by atoms with Gasteiger partial charge in [-0.15, -0.1) is 22.6 Å². The molecule has 2 saturated carbocycles. The summed E-state index contributed by atoms with van der Waals surface area (Å²) in [6.07, 6.45) is -2.24. The molecule has 0 spiro atoms. The van der Waals surface area contributed by atoms with Crippen molar-refractivity contribution in [2.24, 2.45) is 0 Å². The van der Waals surface area contributed by atoms with Crippen molar-refractivity contribution in [3.8, 4) is 35.1 Å². The molecular weight excluding hydrogens is 932 g/mol. The summed E-state index contributed by atoms with van der Waals surface area (Å²) in [6, 6.07) is 19.9. The Morgan fingerprint density at radius 3 is 1.52 bits per heavy atom. The highest BCUT2D eigenvalue weighted by Crippen LogP contribution is 2.46. The first-order chi connectivity index (χ1) is 29.1. The van der Waals surface area contributed by atoms with Gasteiger partial charge in [-0.25, -0.2) is 19.9 Å². The van der Waals surface area contributed by atoms with Crippen LogP contribution < -0.4 is 10.5 Å². The van der Waals surface area contributed by atoms with Crippen molar-refractivity contribution in [1.29, 1.82) is 0 Å². The number of aromatic nitrogens is 8. The van der Waals surface area contributed by atoms with E-state index in [2.05, 4.69) is 56.3 Å². The summed E-state index contributed by atoms with van der Waals surface area (Å²) in [7, 11) is 0. The minimum Gasteiger partial charge on any atom is -0.402 e. The van der Waals surface area contributed by atoms with Crippen LogP contribution in [-0.2, 0) is 12.4 Å². The number of nitrogens with two attached hydrogens (primary N) is 1. The lowest BCUT2D eigenvalue weighted by molar-refractivity contribution is -0.137. The predicted octanol–water partition coefficient (Wildman–Crippen LogP) is 13.3. The van der Waals surface area contributed by atoms with Gasteiger partial charge in [0, 0.05) is 29.2 Å². The number of hydrogen-bond donors (Lipinski definition) is 1. The highest BCUT2D eigenvalue weighted by atomic mass is 79.9. The van der Waals surface area contributed by atoms with Gasteiger partial charge in [-0.1, -0.05) is 37.2 Å². The van der Waals surface area contributed by atoms with Gasteiger partial charge in [-0.3, -0.25) is 0 Å². The van der Waals surface area contributed by atoms with Gasteiger partial charge in [0.15, 0.2) is 0 Å². The van der Waals surface area contributed by atoms with Gasteiger partial charge in [0.2, 0.25) is 5.88 Å². The molecule has 0 radical (unpaired) electrons. The first-order valence-electron chi connectivity index (χ1n) is 18.7. The molecule has 10 rings (SSSR count). The van der Waals surface area contributed by atoms with Crippen LogP contribution in [0.15, 0.2) is 98.6 Å². The number of aryl methyl sites for hydroxylation is 2. The summed E-state index contributed by atoms with van der Waals surface area (Å²) in [4.78, 5) is 16.2. The highest BCUT2D eigenvalue weighted by molar-refractivity contribution is 9.10. The van der Waals surface area contributed by atoms with E-state index in [9.17, 15) is 26.3 Å². The standard InChI is InChI=1S/C21H15F3N4O2.C16H13F3N4O.C5H4BrN.2CH4.ClH/c1-11-8-16(19-27-28-20(30-19)29-17-4-2-3-7-25-17)26-18-14(11)9-13(12-5-6-12)10-15(18)21(22,23)24;1-7-4-12(14-22-23-15(20)24-14)21-13-10(7)5-9(8-2-3-8)6-11(13)16(17,18)19;6-5-3-1-2-4-7-5;;;/h2-4,7-10,12H,5-6H2,1H3;4-6,8H,2-3H2,1H3,(H2,20,23);1-4H;2*1H4;1H. The largest absolute Gasteiger partial charge is 0.421 e. The molecule has 336 valence electrons. The maximum absolute atomic E-state index is 13.8. The fraction of sp³-hybridized carbons (Fsp3) is 0.273. The van der Waals surface area contributed by atoms with Crippen LogP contribution in [0.2, 0.25) is 0 Å². The first kappa shape index (κ1) is 48.8. The Hall–Kier alpha value is -6.21. The Bertz CT molecular complexity index is 2860. The van der Waals surface area contributed by atoms with Crippen LogP contribution in [0.4, 0.5) is 32.4 Å². The van der Waals surface area contributed by atoms with Crippen molar-refractivity contribution in [2.45, 2.75) is 78.6 Å². The van der Waals surface area contributed by atoms with Crippen molar-refractivity contribution < 1.29 is 39.9 Å². The number of hydrogen-bond acceptors (Lipinski definition) is 12. The van der Waals surface area contributed by atoms with E-state index >= 15 is 0 Å². The Kier molecular flexibility index (Phi) is 15.0. The van der Waals surface area contributed by atoms with E-state index in [1.165, 1.54) is 18.3 Å². The third-order valence-corrected chi connectivity index (χ3v) is 10.2. The maximum Gasteiger partial charge on any atom is 0.421 e. The molecule has 8 aromatic rings. The number of rotatable bonds is 6. The molecule has 0 atom stereocenters. The summed E-state index contributed by atoms with van der Waals surface area (Å²) in [6.45, 7) is 3.48. The molecule has 2 fully saturated rings. The number of ether oxygens (including phenoxy) is 1. The number of anilines is 1. The molecule has 2 aliphatic rings. The summed E-state index contributed by atoms with van der Waals surface area (Å²) in [5.41, 5.74) is 6.70. The van der Waals surface area contributed by atoms with E-state index in [1.54, 1.807) is 62.5 Å². The first-order valence-corrected chi connectivity index (χ1v) is 19.5. The van der Waals surface area contributed by atoms with Crippen LogP contribution in [0.25, 0.3) is 45.0 Å². The SMILES string of the molecule is Brc1ccccn1.C.C.Cc1cc(-c2nnc(N)o2)nc2c(C(F)(F)F)cc(C3CC3)cc12.Cc1cc(-c2nnc(Oc3ccccn3)o2)nc2c(C(F)(F)F)cc(C3CC3)cc12.Cl. The average Bonchev–Trinajstić information content (AvgIpc) is 4.16. The van der Waals surface area contributed by atoms with Gasteiger partial charge in [-0.05, 0) is 144 Å². The molecule has 0 bridgehead atoms. The molecule has 64 heavy (non-hydrogen) atoms. The summed E-state index contributed by atoms with van der Waals surface area (Å²) >= 11 is 3.20. The number of nitrogens with zero attached hydrogens (tertiary/aromatic N) is 8. The molecule has 2 aliphatic carbocycles. The van der Waals surface area contributed by atoms with Crippen molar-refractivity contribution in [3.05, 3.63) is 123 Å². The number of halogens is 8. The van der Waals surface area contributed by atoms with Crippen LogP contribution in [-0.4, -0.2) is 40.3 Å². The minimum atomic E-state index is -4.52. The zero-order chi connectivity index (χ0) is 43.1. The number of nitrogen functional groups attached to an aromatic ring is 1. The fourth-order valence-corrected chi connectivity index (χ4v) is 6.79. The number of alkyl halides is 6. The third-order valence-electron chi connectivity index (χ3n) is 9.74. The van der Waals surface area contributed by atoms with E-state index in [0.29, 0.717) is 27.5 Å². The van der Waals surface area contributed by atoms with E-state index in [0.717, 1.165) is 35.8 Å². The van der Waals surface area contributed by atoms with Crippen LogP contribution in [0.5, 0.6) is 12.0 Å². The zero-order valence-corrected chi connectivity index (χ0v) is 34.9. The van der Waals surface area contributed by atoms with Gasteiger partial charge in [0.1, 0.15) is 16.0 Å². The van der Waals surface area contributed by atoms with Crippen molar-refractivity contribution in [1.82, 2.24) is 40.3 Å². The van der Waals surface area contributed by atoms with E-state index in [4.69, 9.17) is 19.3 Å². The quantitative estimate of drug-likeness (QED) is 0.124. The second-order valence-electron chi connectivity index (χ2n) is 14.4. The Labute approximate surface area is 377 Å². The second kappa shape index (κ2) is 19.7. The Morgan fingerprint density at radius 1 is 0.641 bits per heavy atom. The van der Waals surface area contributed by atoms with Crippen LogP contribution in [0.1, 0.15) is 85.8 Å². The summed E-state index contributed by atoms with van der Waals surface area (Å²) < 4.78 is 98.7. The predicted molar refractivity (Wildman–Crippen MR) is 235 cm³/mol. The molecular formula is C44H41BrClF6N9O3. The fourth-order valence-electron chi connectivity index (χ4n) is 6.51. The molecule has 6 aromatic heterocycles. The van der Waals surface area contributed by atoms with Gasteiger partial charge >= 0.3 is 24.4 Å². The average molecular weight is 973 g/mol. The lowest BCUT2D eigenvalue weighted by Gasteiger charge is -2.14. The van der Waals surface area contributed by atoms with E-state index < -0.39 is 23.5 Å². The van der Waals surface area contributed by atoms with Crippen LogP contribution >= 0.6 is 28.3 Å². The Morgan fingerprint density at radius 2 is 1.12 bits per heavy atom. The molecule has 2 N–H and O–H groups in total. The molecule has 0 amide bonds. The molecule has 12 nitrogen and oxygen atoms in total. The van der Waals surface area contributed by atoms with Gasteiger partial charge in [0.25, 0.3) is 11.8 Å². The topological polar surface area (TPSA) is 165 Å². The van der Waals surface area contributed by atoms with Gasteiger partial charge in [-0.2, -0.15) is 26.3 Å². The zero-order valence-electron chi connectivity index (χ0n) is 32.5. The number of fused-ring (bicyclic) bond motifs is 2. The summed E-state index contributed by atoms with van der Waals surface area (Å²) in [5.74, 6) is 0.617. The second-order valence-corrected chi connectivity index (χ2v) is 15.2. The van der Waals surface area contributed by atoms with Gasteiger partial charge in [0.05, 0.1) is 22.2 Å². The lowest BCUT2D eigenvalue weighted by atomic mass is 9.98. The van der Waals surface area contributed by atoms with Crippen molar-refractivity contribution in [2.75, 3.05) is 5.73 Å². The molecule has 0 saturated heterocycles. The van der Waals surface area contributed by atoms with Crippen molar-refractivity contribution >= 4 is 56.2 Å². The van der Waals surface area contributed by atoms with Crippen LogP contribution in [0.3, 0.4) is 0 Å².